The fraction of sp³-hybridized carbons (Fsp3) is 1.00. The van der Waals surface area contributed by atoms with Crippen LogP contribution in [0.15, 0.2) is 0 Å². The van der Waals surface area contributed by atoms with Gasteiger partial charge < -0.3 is 10.1 Å². The highest BCUT2D eigenvalue weighted by Gasteiger charge is 2.05. The van der Waals surface area contributed by atoms with Crippen LogP contribution in [0.5, 0.6) is 0 Å². The fourth-order valence-electron chi connectivity index (χ4n) is 0.976. The number of ether oxygens (including phenoxy) is 1. The first kappa shape index (κ1) is 14.3. The molecule has 1 unspecified atom stereocenters. The molecule has 0 aliphatic rings. The second kappa shape index (κ2) is 9.81. The first-order valence-corrected chi connectivity index (χ1v) is 6.54. The molecule has 0 aliphatic heterocycles. The second-order valence-electron chi connectivity index (χ2n) is 3.92. The summed E-state index contributed by atoms with van der Waals surface area (Å²) in [6, 6.07) is 0. The Morgan fingerprint density at radius 3 is 2.50 bits per heavy atom. The number of nitrogens with one attached hydrogen (secondary N) is 1. The third-order valence-electron chi connectivity index (χ3n) is 2.30. The summed E-state index contributed by atoms with van der Waals surface area (Å²) in [6.07, 6.45) is 1.11. The molecule has 0 heterocycles. The molecule has 0 saturated heterocycles. The average Bonchev–Trinajstić information content (AvgIpc) is 2.16. The van der Waals surface area contributed by atoms with E-state index in [2.05, 4.69) is 37.8 Å². The van der Waals surface area contributed by atoms with Gasteiger partial charge >= 0.3 is 0 Å². The quantitative estimate of drug-likeness (QED) is 0.602. The summed E-state index contributed by atoms with van der Waals surface area (Å²) in [6.45, 7) is 9.92. The number of thioether (sulfide) groups is 1. The first-order valence-electron chi connectivity index (χ1n) is 5.49. The highest BCUT2D eigenvalue weighted by molar-refractivity contribution is 7.99. The van der Waals surface area contributed by atoms with E-state index in [1.165, 1.54) is 5.75 Å². The van der Waals surface area contributed by atoms with Gasteiger partial charge in [-0.25, -0.2) is 0 Å². The van der Waals surface area contributed by atoms with Gasteiger partial charge in [0.15, 0.2) is 0 Å². The van der Waals surface area contributed by atoms with Crippen LogP contribution in [0.1, 0.15) is 27.2 Å². The van der Waals surface area contributed by atoms with Crippen molar-refractivity contribution in [2.75, 3.05) is 32.6 Å². The van der Waals surface area contributed by atoms with E-state index in [1.807, 2.05) is 0 Å². The molecule has 1 atom stereocenters. The molecule has 1 N–H and O–H groups in total. The van der Waals surface area contributed by atoms with E-state index < -0.39 is 0 Å². The molecule has 86 valence electrons. The van der Waals surface area contributed by atoms with Gasteiger partial charge in [0.05, 0.1) is 0 Å². The lowest BCUT2D eigenvalue weighted by atomic mass is 10.2. The van der Waals surface area contributed by atoms with Gasteiger partial charge in [0.1, 0.15) is 0 Å². The van der Waals surface area contributed by atoms with Crippen LogP contribution in [-0.4, -0.2) is 37.8 Å². The van der Waals surface area contributed by atoms with Crippen LogP contribution in [-0.2, 0) is 4.74 Å². The summed E-state index contributed by atoms with van der Waals surface area (Å²) in [4.78, 5) is 0. The van der Waals surface area contributed by atoms with Crippen LogP contribution in [0.3, 0.4) is 0 Å². The van der Waals surface area contributed by atoms with Gasteiger partial charge in [-0.15, -0.1) is 0 Å². The van der Waals surface area contributed by atoms with Crippen LogP contribution < -0.4 is 5.32 Å². The van der Waals surface area contributed by atoms with Crippen molar-refractivity contribution in [3.63, 3.8) is 0 Å². The van der Waals surface area contributed by atoms with Crippen molar-refractivity contribution in [3.8, 4) is 0 Å². The third kappa shape index (κ3) is 8.85. The highest BCUT2D eigenvalue weighted by atomic mass is 32.2. The Bertz CT molecular complexity index is 120. The number of hydrogen-bond donors (Lipinski definition) is 1. The minimum atomic E-state index is 0.774. The van der Waals surface area contributed by atoms with E-state index in [1.54, 1.807) is 7.11 Å². The summed E-state index contributed by atoms with van der Waals surface area (Å²) in [5.41, 5.74) is 0. The molecule has 0 bridgehead atoms. The van der Waals surface area contributed by atoms with E-state index in [0.29, 0.717) is 0 Å². The highest BCUT2D eigenvalue weighted by Crippen LogP contribution is 2.17. The van der Waals surface area contributed by atoms with Gasteiger partial charge in [-0.05, 0) is 18.9 Å². The van der Waals surface area contributed by atoms with Gasteiger partial charge in [-0.2, -0.15) is 11.8 Å². The Morgan fingerprint density at radius 2 is 1.93 bits per heavy atom. The van der Waals surface area contributed by atoms with Gasteiger partial charge in [0.25, 0.3) is 0 Å². The summed E-state index contributed by atoms with van der Waals surface area (Å²) in [7, 11) is 1.75. The standard InChI is InChI=1S/C11H25NOS/c1-10(2)11(3)14-9-7-12-6-5-8-13-4/h10-12H,5-9H2,1-4H3. The van der Waals surface area contributed by atoms with Crippen molar-refractivity contribution in [2.45, 2.75) is 32.4 Å². The molecule has 0 aliphatic carbocycles. The molecule has 0 aromatic carbocycles. The summed E-state index contributed by atoms with van der Waals surface area (Å²) in [5, 5.41) is 4.19. The zero-order chi connectivity index (χ0) is 10.8. The lowest BCUT2D eigenvalue weighted by Gasteiger charge is -2.14. The molecular formula is C11H25NOS. The Balaban J connectivity index is 3.06. The van der Waals surface area contributed by atoms with Gasteiger partial charge in [0, 0.05) is 31.3 Å². The minimum absolute atomic E-state index is 0.774. The molecular weight excluding hydrogens is 194 g/mol. The molecule has 0 fully saturated rings. The van der Waals surface area contributed by atoms with E-state index in [4.69, 9.17) is 4.74 Å². The smallest absolute Gasteiger partial charge is 0.0474 e. The van der Waals surface area contributed by atoms with Crippen molar-refractivity contribution in [1.29, 1.82) is 0 Å². The molecule has 0 amide bonds. The van der Waals surface area contributed by atoms with Gasteiger partial charge in [0.2, 0.25) is 0 Å². The van der Waals surface area contributed by atoms with E-state index in [-0.39, 0.29) is 0 Å². The Hall–Kier alpha value is 0.270. The maximum absolute atomic E-state index is 4.97. The van der Waals surface area contributed by atoms with Crippen LogP contribution in [0.2, 0.25) is 0 Å². The predicted octanol–water partition coefficient (Wildman–Crippen LogP) is 2.39. The molecule has 0 aromatic heterocycles. The number of hydrogen-bond acceptors (Lipinski definition) is 3. The molecule has 0 radical (unpaired) electrons. The molecule has 0 spiro atoms. The van der Waals surface area contributed by atoms with Gasteiger partial charge in [-0.3, -0.25) is 0 Å². The summed E-state index contributed by atoms with van der Waals surface area (Å²) in [5.74, 6) is 2.00. The zero-order valence-corrected chi connectivity index (χ0v) is 10.8. The predicted molar refractivity (Wildman–Crippen MR) is 66.1 cm³/mol. The van der Waals surface area contributed by atoms with E-state index in [9.17, 15) is 0 Å². The third-order valence-corrected chi connectivity index (χ3v) is 3.81. The molecule has 0 rings (SSSR count). The van der Waals surface area contributed by atoms with Crippen molar-refractivity contribution >= 4 is 11.8 Å². The first-order chi connectivity index (χ1) is 6.68. The van der Waals surface area contributed by atoms with E-state index in [0.717, 1.165) is 37.3 Å². The van der Waals surface area contributed by atoms with Gasteiger partial charge in [-0.1, -0.05) is 20.8 Å². The Kier molecular flexibility index (Phi) is 10.0. The normalized spacial score (nSPS) is 13.5. The van der Waals surface area contributed by atoms with Crippen molar-refractivity contribution in [3.05, 3.63) is 0 Å². The Labute approximate surface area is 93.2 Å². The monoisotopic (exact) mass is 219 g/mol. The molecule has 14 heavy (non-hydrogen) atoms. The van der Waals surface area contributed by atoms with Crippen molar-refractivity contribution in [2.24, 2.45) is 5.92 Å². The fourth-order valence-corrected chi connectivity index (χ4v) is 1.99. The SMILES string of the molecule is COCCCNCCSC(C)C(C)C. The topological polar surface area (TPSA) is 21.3 Å². The van der Waals surface area contributed by atoms with Crippen LogP contribution >= 0.6 is 11.8 Å². The van der Waals surface area contributed by atoms with Crippen LogP contribution in [0, 0.1) is 5.92 Å². The van der Waals surface area contributed by atoms with Crippen LogP contribution in [0.4, 0.5) is 0 Å². The second-order valence-corrected chi connectivity index (χ2v) is 5.40. The maximum atomic E-state index is 4.97. The zero-order valence-electron chi connectivity index (χ0n) is 10.0. The largest absolute Gasteiger partial charge is 0.385 e. The lowest BCUT2D eigenvalue weighted by molar-refractivity contribution is 0.194. The van der Waals surface area contributed by atoms with Crippen molar-refractivity contribution < 1.29 is 4.74 Å². The average molecular weight is 219 g/mol. The maximum Gasteiger partial charge on any atom is 0.0474 e. The van der Waals surface area contributed by atoms with Crippen LogP contribution in [0.25, 0.3) is 0 Å². The Morgan fingerprint density at radius 1 is 1.21 bits per heavy atom. The summed E-state index contributed by atoms with van der Waals surface area (Å²) < 4.78 is 4.97. The lowest BCUT2D eigenvalue weighted by Crippen LogP contribution is -2.20. The minimum Gasteiger partial charge on any atom is -0.385 e. The summed E-state index contributed by atoms with van der Waals surface area (Å²) >= 11 is 2.05. The number of methoxy groups -OCH3 is 1. The molecule has 2 nitrogen and oxygen atoms in total. The van der Waals surface area contributed by atoms with E-state index >= 15 is 0 Å². The van der Waals surface area contributed by atoms with Crippen molar-refractivity contribution in [1.82, 2.24) is 5.32 Å². The molecule has 0 aromatic rings. The number of rotatable bonds is 9. The molecule has 3 heteroatoms. The molecule has 0 saturated carbocycles.